The monoisotopic (exact) mass is 253 g/mol. The van der Waals surface area contributed by atoms with Gasteiger partial charge in [0, 0.05) is 30.9 Å². The second kappa shape index (κ2) is 6.38. The van der Waals surface area contributed by atoms with Gasteiger partial charge in [0.05, 0.1) is 21.3 Å². The van der Waals surface area contributed by atoms with Crippen LogP contribution in [0.5, 0.6) is 17.2 Å². The highest BCUT2D eigenvalue weighted by Crippen LogP contribution is 2.41. The van der Waals surface area contributed by atoms with Gasteiger partial charge in [-0.2, -0.15) is 0 Å². The maximum Gasteiger partial charge on any atom is 0.203 e. The Morgan fingerprint density at radius 1 is 1.06 bits per heavy atom. The maximum atomic E-state index is 5.35. The lowest BCUT2D eigenvalue weighted by Gasteiger charge is -2.27. The van der Waals surface area contributed by atoms with E-state index in [9.17, 15) is 0 Å². The summed E-state index contributed by atoms with van der Waals surface area (Å²) in [7, 11) is 6.93. The van der Waals surface area contributed by atoms with Gasteiger partial charge < -0.3 is 19.1 Å². The normalized spacial score (nSPS) is 11.9. The van der Waals surface area contributed by atoms with Gasteiger partial charge in [-0.05, 0) is 13.3 Å². The van der Waals surface area contributed by atoms with Crippen LogP contribution in [0, 0.1) is 0 Å². The van der Waals surface area contributed by atoms with Gasteiger partial charge in [0.25, 0.3) is 0 Å². The Bertz CT molecular complexity index is 368. The van der Waals surface area contributed by atoms with E-state index in [-0.39, 0.29) is 0 Å². The lowest BCUT2D eigenvalue weighted by atomic mass is 10.2. The van der Waals surface area contributed by atoms with Crippen molar-refractivity contribution >= 4 is 5.69 Å². The van der Waals surface area contributed by atoms with Gasteiger partial charge in [0.1, 0.15) is 0 Å². The summed E-state index contributed by atoms with van der Waals surface area (Å²) < 4.78 is 16.0. The number of rotatable bonds is 6. The molecule has 1 unspecified atom stereocenters. The van der Waals surface area contributed by atoms with Crippen LogP contribution in [0.25, 0.3) is 0 Å². The van der Waals surface area contributed by atoms with E-state index in [0.29, 0.717) is 23.3 Å². The Labute approximate surface area is 109 Å². The van der Waals surface area contributed by atoms with Crippen molar-refractivity contribution in [1.82, 2.24) is 0 Å². The lowest BCUT2D eigenvalue weighted by Crippen LogP contribution is -2.27. The molecule has 0 aliphatic heterocycles. The molecular formula is C14H23NO3. The zero-order valence-corrected chi connectivity index (χ0v) is 12.1. The molecule has 0 N–H and O–H groups in total. The Kier molecular flexibility index (Phi) is 5.13. The molecule has 0 aromatic heterocycles. The van der Waals surface area contributed by atoms with Crippen LogP contribution in [0.15, 0.2) is 12.1 Å². The molecular weight excluding hydrogens is 230 g/mol. The molecule has 0 aliphatic rings. The average molecular weight is 253 g/mol. The Hall–Kier alpha value is -1.58. The molecule has 0 bridgehead atoms. The lowest BCUT2D eigenvalue weighted by molar-refractivity contribution is 0.324. The SMILES string of the molecule is CCC(C)N(C)c1cc(OC)c(OC)c(OC)c1. The van der Waals surface area contributed by atoms with E-state index in [1.54, 1.807) is 21.3 Å². The second-order valence-electron chi connectivity index (χ2n) is 4.25. The molecule has 1 aromatic carbocycles. The molecule has 0 saturated heterocycles. The molecule has 4 heteroatoms. The van der Waals surface area contributed by atoms with Crippen molar-refractivity contribution < 1.29 is 14.2 Å². The van der Waals surface area contributed by atoms with Gasteiger partial charge in [-0.25, -0.2) is 0 Å². The molecule has 0 heterocycles. The van der Waals surface area contributed by atoms with Crippen LogP contribution in [-0.4, -0.2) is 34.4 Å². The van der Waals surface area contributed by atoms with Crippen molar-refractivity contribution in [3.63, 3.8) is 0 Å². The molecule has 102 valence electrons. The fourth-order valence-corrected chi connectivity index (χ4v) is 1.80. The zero-order chi connectivity index (χ0) is 13.7. The molecule has 1 rings (SSSR count). The van der Waals surface area contributed by atoms with Crippen LogP contribution in [0.3, 0.4) is 0 Å². The summed E-state index contributed by atoms with van der Waals surface area (Å²) in [4.78, 5) is 2.20. The average Bonchev–Trinajstić information content (AvgIpc) is 2.43. The summed E-state index contributed by atoms with van der Waals surface area (Å²) in [6.07, 6.45) is 1.08. The van der Waals surface area contributed by atoms with Gasteiger partial charge >= 0.3 is 0 Å². The van der Waals surface area contributed by atoms with Crippen molar-refractivity contribution in [2.24, 2.45) is 0 Å². The first kappa shape index (κ1) is 14.5. The number of benzene rings is 1. The highest BCUT2D eigenvalue weighted by molar-refractivity contribution is 5.63. The number of hydrogen-bond donors (Lipinski definition) is 0. The summed E-state index contributed by atoms with van der Waals surface area (Å²) in [5, 5.41) is 0. The van der Waals surface area contributed by atoms with Gasteiger partial charge in [-0.15, -0.1) is 0 Å². The third kappa shape index (κ3) is 2.81. The van der Waals surface area contributed by atoms with Crippen molar-refractivity contribution in [3.8, 4) is 17.2 Å². The third-order valence-electron chi connectivity index (χ3n) is 3.31. The van der Waals surface area contributed by atoms with E-state index in [4.69, 9.17) is 14.2 Å². The van der Waals surface area contributed by atoms with Crippen LogP contribution in [0.1, 0.15) is 20.3 Å². The highest BCUT2D eigenvalue weighted by Gasteiger charge is 2.16. The molecule has 0 amide bonds. The summed E-state index contributed by atoms with van der Waals surface area (Å²) in [5.74, 6) is 1.99. The molecule has 0 fully saturated rings. The summed E-state index contributed by atoms with van der Waals surface area (Å²) in [6.45, 7) is 4.35. The van der Waals surface area contributed by atoms with Crippen molar-refractivity contribution in [3.05, 3.63) is 12.1 Å². The van der Waals surface area contributed by atoms with Crippen LogP contribution in [-0.2, 0) is 0 Å². The van der Waals surface area contributed by atoms with Crippen molar-refractivity contribution in [2.45, 2.75) is 26.3 Å². The van der Waals surface area contributed by atoms with Crippen LogP contribution in [0.4, 0.5) is 5.69 Å². The van der Waals surface area contributed by atoms with E-state index in [1.165, 1.54) is 0 Å². The molecule has 0 saturated carbocycles. The predicted octanol–water partition coefficient (Wildman–Crippen LogP) is 2.95. The number of hydrogen-bond acceptors (Lipinski definition) is 4. The predicted molar refractivity (Wildman–Crippen MR) is 74.3 cm³/mol. The van der Waals surface area contributed by atoms with E-state index in [0.717, 1.165) is 12.1 Å². The smallest absolute Gasteiger partial charge is 0.203 e. The van der Waals surface area contributed by atoms with Gasteiger partial charge in [-0.3, -0.25) is 0 Å². The van der Waals surface area contributed by atoms with Gasteiger partial charge in [-0.1, -0.05) is 6.92 Å². The van der Waals surface area contributed by atoms with E-state index < -0.39 is 0 Å². The van der Waals surface area contributed by atoms with Crippen molar-refractivity contribution in [2.75, 3.05) is 33.3 Å². The van der Waals surface area contributed by atoms with E-state index in [1.807, 2.05) is 12.1 Å². The fourth-order valence-electron chi connectivity index (χ4n) is 1.80. The number of methoxy groups -OCH3 is 3. The van der Waals surface area contributed by atoms with Crippen LogP contribution in [0.2, 0.25) is 0 Å². The largest absolute Gasteiger partial charge is 0.493 e. The second-order valence-corrected chi connectivity index (χ2v) is 4.25. The number of nitrogens with zero attached hydrogens (tertiary/aromatic N) is 1. The number of ether oxygens (including phenoxy) is 3. The first-order valence-electron chi connectivity index (χ1n) is 6.11. The molecule has 1 aromatic rings. The fraction of sp³-hybridized carbons (Fsp3) is 0.571. The Balaban J connectivity index is 3.22. The quantitative estimate of drug-likeness (QED) is 0.780. The minimum atomic E-state index is 0.452. The minimum Gasteiger partial charge on any atom is -0.493 e. The molecule has 4 nitrogen and oxygen atoms in total. The Morgan fingerprint density at radius 3 is 1.89 bits per heavy atom. The minimum absolute atomic E-state index is 0.452. The summed E-state index contributed by atoms with van der Waals surface area (Å²) in [6, 6.07) is 4.38. The maximum absolute atomic E-state index is 5.35. The van der Waals surface area contributed by atoms with Crippen molar-refractivity contribution in [1.29, 1.82) is 0 Å². The number of anilines is 1. The standard InChI is InChI=1S/C14H23NO3/c1-7-10(2)15(3)11-8-12(16-4)14(18-6)13(9-11)17-5/h8-10H,7H2,1-6H3. The highest BCUT2D eigenvalue weighted by atomic mass is 16.5. The van der Waals surface area contributed by atoms with Gasteiger partial charge in [0.15, 0.2) is 11.5 Å². The first-order chi connectivity index (χ1) is 8.58. The van der Waals surface area contributed by atoms with Crippen LogP contribution < -0.4 is 19.1 Å². The molecule has 0 spiro atoms. The zero-order valence-electron chi connectivity index (χ0n) is 12.1. The van der Waals surface area contributed by atoms with E-state index in [2.05, 4.69) is 25.8 Å². The van der Waals surface area contributed by atoms with Gasteiger partial charge in [0.2, 0.25) is 5.75 Å². The van der Waals surface area contributed by atoms with Crippen LogP contribution >= 0.6 is 0 Å². The molecule has 18 heavy (non-hydrogen) atoms. The van der Waals surface area contributed by atoms with E-state index >= 15 is 0 Å². The summed E-state index contributed by atoms with van der Waals surface area (Å²) in [5.41, 5.74) is 1.05. The summed E-state index contributed by atoms with van der Waals surface area (Å²) >= 11 is 0. The molecule has 0 aliphatic carbocycles. The topological polar surface area (TPSA) is 30.9 Å². The Morgan fingerprint density at radius 2 is 1.56 bits per heavy atom. The molecule has 1 atom stereocenters. The first-order valence-corrected chi connectivity index (χ1v) is 6.11. The third-order valence-corrected chi connectivity index (χ3v) is 3.31. The molecule has 0 radical (unpaired) electrons.